The number of aliphatic carboxylic acids is 3. The topological polar surface area (TPSA) is 850 Å². The van der Waals surface area contributed by atoms with Gasteiger partial charge in [0.15, 0.2) is 5.96 Å². The number of hydrogen-bond acceptors (Lipinski definition) is 29. The van der Waals surface area contributed by atoms with Crippen LogP contribution in [-0.4, -0.2) is 318 Å². The highest BCUT2D eigenvalue weighted by Crippen LogP contribution is 2.18. The predicted octanol–water partition coefficient (Wildman–Crippen LogP) is -12.1. The summed E-state index contributed by atoms with van der Waals surface area (Å²) >= 11 is 0. The maximum atomic E-state index is 14.7. The second kappa shape index (κ2) is 55.1. The molecule has 0 heterocycles. The molecule has 0 bridgehead atoms. The van der Waals surface area contributed by atoms with Gasteiger partial charge in [0, 0.05) is 19.4 Å². The molecule has 2 aromatic rings. The third kappa shape index (κ3) is 38.9. The number of phenolic OH excluding ortho intramolecular Hbond substituents is 2. The van der Waals surface area contributed by atoms with Crippen molar-refractivity contribution in [2.45, 2.75) is 223 Å². The number of rotatable bonds is 57. The number of amides is 17. The summed E-state index contributed by atoms with van der Waals surface area (Å²) in [6, 6.07) is -17.2. The van der Waals surface area contributed by atoms with E-state index in [0.717, 1.165) is 13.8 Å². The second-order valence-corrected chi connectivity index (χ2v) is 30.3. The zero-order valence-corrected chi connectivity index (χ0v) is 71.6. The molecule has 2 aromatic carbocycles. The molecule has 712 valence electrons. The minimum Gasteiger partial charge on any atom is -0.508 e. The Morgan fingerprint density at radius 2 is 0.695 bits per heavy atom. The molecule has 0 radical (unpaired) electrons. The van der Waals surface area contributed by atoms with E-state index in [-0.39, 0.29) is 54.9 Å². The van der Waals surface area contributed by atoms with Gasteiger partial charge in [-0.25, -0.2) is 0 Å². The van der Waals surface area contributed by atoms with Crippen LogP contribution in [0, 0.1) is 23.2 Å². The standard InChI is InChI=1S/C77H119N21O30/c1-10-34(5)59(96-68(120)46(25-52(78)106)91-75(127)60(35(6)11-2)97-72(124)57(79)37(8)102)74(126)92-47(26-54(108)109)64(116)83-28-53(107)86-49(30-99)69(121)94-51(32-101)71(123)98-61(38(9)103)76(128)90-45(24-40-16-20-42(105)21-17-40)66(118)89-44(23-39-14-18-41(104)19-15-39)65(117)85-36(7)62(114)88-48(27-55(110)111)67(119)93-50(31-100)70(122)95-58(33(3)4)73(125)87-43(13-12-22-82-77(80)81)63(115)84-29-56(112)113/h14-21,33-38,43-51,57-61,99-105H,10-13,22-32,79H2,1-9H3,(H2,78,106)(H,83,116)(H,84,115)(H,85,117)(H,86,107)(H,87,125)(H,88,114)(H,89,118)(H,90,128)(H,91,127)(H,92,126)(H,93,119)(H,94,121)(H,95,122)(H,96,120)(H,97,124)(H,98,123)(H,108,109)(H,110,111)(H,112,113)(H4,80,81,82)/t34-,35-,36-,37+,38+,43-,44-,45-,46-,47-,48-,49-,50-,51-,57-,58-,59-,60-,61-/m0/s1. The highest BCUT2D eigenvalue weighted by Gasteiger charge is 2.41. The lowest BCUT2D eigenvalue weighted by Gasteiger charge is -2.29. The summed E-state index contributed by atoms with van der Waals surface area (Å²) in [7, 11) is 0. The van der Waals surface area contributed by atoms with E-state index in [4.69, 9.17) is 27.7 Å². The monoisotopic (exact) mass is 1820 g/mol. The average Bonchev–Trinajstić information content (AvgIpc) is 0.843. The molecule has 0 saturated heterocycles. The lowest BCUT2D eigenvalue weighted by atomic mass is 9.96. The molecule has 51 nitrogen and oxygen atoms in total. The van der Waals surface area contributed by atoms with E-state index in [1.165, 1.54) is 76.2 Å². The second-order valence-electron chi connectivity index (χ2n) is 30.3. The van der Waals surface area contributed by atoms with Crippen molar-refractivity contribution in [1.82, 2.24) is 90.4 Å². The molecule has 0 aliphatic rings. The number of aromatic hydroxyl groups is 2. The van der Waals surface area contributed by atoms with Crippen LogP contribution in [0.1, 0.15) is 118 Å². The van der Waals surface area contributed by atoms with Gasteiger partial charge in [-0.15, -0.1) is 0 Å². The number of aliphatic hydroxyl groups excluding tert-OH is 5. The minimum atomic E-state index is -2.13. The van der Waals surface area contributed by atoms with Crippen LogP contribution in [0.15, 0.2) is 48.5 Å². The van der Waals surface area contributed by atoms with E-state index >= 15 is 0 Å². The van der Waals surface area contributed by atoms with Crippen LogP contribution in [0.5, 0.6) is 11.5 Å². The predicted molar refractivity (Wildman–Crippen MR) is 444 cm³/mol. The number of nitrogens with one attached hydrogen (secondary N) is 18. The van der Waals surface area contributed by atoms with Crippen LogP contribution in [0.3, 0.4) is 0 Å². The smallest absolute Gasteiger partial charge is 0.322 e. The van der Waals surface area contributed by atoms with Gasteiger partial charge in [-0.05, 0) is 86.8 Å². The number of phenols is 2. The molecule has 19 atom stereocenters. The summed E-state index contributed by atoms with van der Waals surface area (Å²) < 4.78 is 0. The quantitative estimate of drug-likeness (QED) is 0.0166. The summed E-state index contributed by atoms with van der Waals surface area (Å²) in [5, 5.41) is 146. The van der Waals surface area contributed by atoms with Crippen LogP contribution in [-0.2, 0) is 109 Å². The van der Waals surface area contributed by atoms with E-state index in [0.29, 0.717) is 0 Å². The van der Waals surface area contributed by atoms with Crippen LogP contribution in [0.4, 0.5) is 0 Å². The van der Waals surface area contributed by atoms with E-state index in [1.807, 2.05) is 16.0 Å². The van der Waals surface area contributed by atoms with E-state index in [1.54, 1.807) is 20.8 Å². The first-order chi connectivity index (χ1) is 59.9. The fourth-order valence-corrected chi connectivity index (χ4v) is 11.6. The number of carboxylic acids is 3. The number of primary amides is 1. The molecule has 17 amide bonds. The van der Waals surface area contributed by atoms with E-state index in [2.05, 4.69) is 74.4 Å². The number of benzene rings is 2. The molecule has 34 N–H and O–H groups in total. The number of nitrogens with two attached hydrogens (primary N) is 3. The van der Waals surface area contributed by atoms with Crippen LogP contribution in [0.25, 0.3) is 0 Å². The molecular weight excluding hydrogens is 1700 g/mol. The normalized spacial score (nSPS) is 15.5. The number of carbonyl (C=O) groups is 20. The van der Waals surface area contributed by atoms with Gasteiger partial charge in [-0.1, -0.05) is 78.6 Å². The minimum absolute atomic E-state index is 0.0451. The molecule has 0 unspecified atom stereocenters. The Labute approximate surface area is 732 Å². The van der Waals surface area contributed by atoms with Crippen molar-refractivity contribution >= 4 is 124 Å². The Balaban J connectivity index is 2.41. The summed E-state index contributed by atoms with van der Waals surface area (Å²) in [6.45, 7) is 6.64. The molecule has 0 aliphatic heterocycles. The molecule has 0 aromatic heterocycles. The van der Waals surface area contributed by atoms with Crippen molar-refractivity contribution < 1.29 is 147 Å². The first-order valence-corrected chi connectivity index (χ1v) is 40.2. The van der Waals surface area contributed by atoms with Crippen LogP contribution >= 0.6 is 0 Å². The Morgan fingerprint density at radius 1 is 0.359 bits per heavy atom. The molecule has 0 saturated carbocycles. The maximum Gasteiger partial charge on any atom is 0.322 e. The number of aliphatic hydroxyl groups is 5. The summed E-state index contributed by atoms with van der Waals surface area (Å²) in [5.41, 5.74) is 16.9. The Morgan fingerprint density at radius 3 is 1.12 bits per heavy atom. The number of guanidine groups is 1. The van der Waals surface area contributed by atoms with Gasteiger partial charge >= 0.3 is 17.9 Å². The zero-order valence-electron chi connectivity index (χ0n) is 71.6. The third-order valence-electron chi connectivity index (χ3n) is 19.5. The van der Waals surface area contributed by atoms with Crippen molar-refractivity contribution in [1.29, 1.82) is 5.41 Å². The van der Waals surface area contributed by atoms with Crippen molar-refractivity contribution in [2.24, 2.45) is 35.0 Å². The average molecular weight is 1820 g/mol. The number of carboxylic acid groups (broad SMARTS) is 3. The fourth-order valence-electron chi connectivity index (χ4n) is 11.6. The largest absolute Gasteiger partial charge is 0.508 e. The summed E-state index contributed by atoms with van der Waals surface area (Å²) in [4.78, 5) is 268. The van der Waals surface area contributed by atoms with Gasteiger partial charge in [0.2, 0.25) is 100 Å². The van der Waals surface area contributed by atoms with E-state index in [9.17, 15) is 142 Å². The zero-order chi connectivity index (χ0) is 97.3. The molecule has 0 aliphatic carbocycles. The number of hydrogen-bond donors (Lipinski definition) is 31. The number of carbonyl (C=O) groups excluding carboxylic acids is 17. The lowest BCUT2D eigenvalue weighted by Crippen LogP contribution is -2.63. The first-order valence-electron chi connectivity index (χ1n) is 40.2. The first kappa shape index (κ1) is 111. The van der Waals surface area contributed by atoms with Gasteiger partial charge in [0.1, 0.15) is 109 Å². The van der Waals surface area contributed by atoms with Gasteiger partial charge in [-0.3, -0.25) is 101 Å². The molecule has 0 fully saturated rings. The van der Waals surface area contributed by atoms with Gasteiger partial charge in [0.25, 0.3) is 0 Å². The van der Waals surface area contributed by atoms with Crippen molar-refractivity contribution in [3.63, 3.8) is 0 Å². The highest BCUT2D eigenvalue weighted by atomic mass is 16.4. The molecule has 128 heavy (non-hydrogen) atoms. The molecule has 2 rings (SSSR count). The van der Waals surface area contributed by atoms with Crippen molar-refractivity contribution in [3.05, 3.63) is 59.7 Å². The highest BCUT2D eigenvalue weighted by molar-refractivity contribution is 6.02. The van der Waals surface area contributed by atoms with Crippen LogP contribution < -0.4 is 108 Å². The Hall–Kier alpha value is -13.5. The summed E-state index contributed by atoms with van der Waals surface area (Å²) in [6.07, 6.45) is -7.19. The van der Waals surface area contributed by atoms with Gasteiger partial charge in [0.05, 0.1) is 57.8 Å². The third-order valence-corrected chi connectivity index (χ3v) is 19.5. The van der Waals surface area contributed by atoms with Gasteiger partial charge in [-0.2, -0.15) is 0 Å². The maximum absolute atomic E-state index is 14.7. The van der Waals surface area contributed by atoms with E-state index < -0.39 is 310 Å². The Bertz CT molecular complexity index is 4220. The Kier molecular flexibility index (Phi) is 47.5. The molecular formula is C77H119N21O30. The molecule has 0 spiro atoms. The fraction of sp³-hybridized carbons (Fsp3) is 0.571. The van der Waals surface area contributed by atoms with Crippen LogP contribution in [0.2, 0.25) is 0 Å². The lowest BCUT2D eigenvalue weighted by molar-refractivity contribution is -0.142. The SMILES string of the molecule is CC[C@H](C)[C@H](NC(=O)[C@H](CC(N)=O)NC(=O)[C@@H](NC(=O)[C@@H](N)[C@@H](C)O)[C@@H](C)CC)C(=O)N[C@@H](CC(=O)O)C(=O)NCC(=O)N[C@@H](CO)C(=O)N[C@@H](CO)C(=O)N[C@H](C(=O)N[C@@H](Cc1ccc(O)cc1)C(=O)N[C@@H](Cc1ccc(O)cc1)C(=O)N[C@@H](C)C(=O)N[C@@H](CC(=O)O)C(=O)N[C@@H](CO)C(=O)N[C@H](C(=O)N[C@@H](CCCNC(=N)N)C(=O)NCC(=O)O)C(C)C)[C@@H](C)O. The van der Waals surface area contributed by atoms with Crippen molar-refractivity contribution in [2.75, 3.05) is 39.5 Å². The molecule has 51 heteroatoms. The van der Waals surface area contributed by atoms with Gasteiger partial charge < -0.3 is 159 Å². The summed E-state index contributed by atoms with van der Waals surface area (Å²) in [5.74, 6) is -28.8. The van der Waals surface area contributed by atoms with Crippen molar-refractivity contribution in [3.8, 4) is 11.5 Å².